The van der Waals surface area contributed by atoms with E-state index in [0.29, 0.717) is 0 Å². The van der Waals surface area contributed by atoms with Crippen molar-refractivity contribution in [1.82, 2.24) is 0 Å². The van der Waals surface area contributed by atoms with Crippen LogP contribution in [0.5, 0.6) is 0 Å². The van der Waals surface area contributed by atoms with Gasteiger partial charge < -0.3 is 0 Å². The Morgan fingerprint density at radius 3 is 1.92 bits per heavy atom. The Hall–Kier alpha value is 0.539. The first-order chi connectivity index (χ1) is 5.85. The van der Waals surface area contributed by atoms with E-state index in [1.807, 2.05) is 0 Å². The Morgan fingerprint density at radius 1 is 1.08 bits per heavy atom. The third-order valence-corrected chi connectivity index (χ3v) is 10.7. The molecule has 0 saturated carbocycles. The van der Waals surface area contributed by atoms with Crippen LogP contribution in [0.4, 0.5) is 0 Å². The van der Waals surface area contributed by atoms with Crippen LogP contribution in [0.3, 0.4) is 0 Å². The molecule has 1 heteroatoms. The fraction of sp³-hybridized carbons (Fsp3) is 0.818. The average Bonchev–Trinajstić information content (AvgIpc) is 2.10. The van der Waals surface area contributed by atoms with Crippen LogP contribution in [0.25, 0.3) is 0 Å². The van der Waals surface area contributed by atoms with Gasteiger partial charge in [-0.25, -0.2) is 0 Å². The summed E-state index contributed by atoms with van der Waals surface area (Å²) in [5.41, 5.74) is 0. The van der Waals surface area contributed by atoms with Gasteiger partial charge in [0.05, 0.1) is 0 Å². The normalized spacial score (nSPS) is 9.83. The predicted octanol–water partition coefficient (Wildman–Crippen LogP) is 4.27. The molecule has 0 radical (unpaired) electrons. The first kappa shape index (κ1) is 12.5. The van der Waals surface area contributed by atoms with E-state index in [1.54, 1.807) is 8.87 Å². The summed E-state index contributed by atoms with van der Waals surface area (Å²) >= 11 is -0.930. The molecule has 0 bridgehead atoms. The van der Waals surface area contributed by atoms with E-state index in [9.17, 15) is 0 Å². The van der Waals surface area contributed by atoms with Gasteiger partial charge in [-0.2, -0.15) is 0 Å². The minimum absolute atomic E-state index is 0.930. The third kappa shape index (κ3) is 7.20. The predicted molar refractivity (Wildman–Crippen MR) is 60.2 cm³/mol. The van der Waals surface area contributed by atoms with Crippen LogP contribution in [-0.2, 0) is 0 Å². The van der Waals surface area contributed by atoms with Gasteiger partial charge in [-0.15, -0.1) is 0 Å². The molecule has 0 N–H and O–H groups in total. The molecule has 0 aliphatic rings. The van der Waals surface area contributed by atoms with Crippen LogP contribution in [0.2, 0.25) is 13.3 Å². The van der Waals surface area contributed by atoms with E-state index < -0.39 is 19.8 Å². The minimum atomic E-state index is -0.930. The molecule has 0 spiro atoms. The van der Waals surface area contributed by atoms with Crippen LogP contribution in [0.15, 0.2) is 12.7 Å². The molecule has 0 amide bonds. The maximum atomic E-state index is 3.87. The van der Waals surface area contributed by atoms with Crippen molar-refractivity contribution in [2.75, 3.05) is 0 Å². The number of rotatable bonds is 8. The Balaban J connectivity index is 3.46. The van der Waals surface area contributed by atoms with E-state index in [4.69, 9.17) is 0 Å². The second-order valence-electron chi connectivity index (χ2n) is 3.45. The summed E-state index contributed by atoms with van der Waals surface area (Å²) in [6.45, 7) is 8.47. The summed E-state index contributed by atoms with van der Waals surface area (Å²) in [5.74, 6) is 0. The molecular weight excluding hydrogens is 251 g/mol. The number of hydrogen-bond acceptors (Lipinski definition) is 0. The quantitative estimate of drug-likeness (QED) is 0.458. The number of unbranched alkanes of at least 4 members (excludes halogenated alkanes) is 2. The molecular formula is C11H23Sn+. The zero-order valence-corrected chi connectivity index (χ0v) is 11.6. The van der Waals surface area contributed by atoms with Gasteiger partial charge in [0.2, 0.25) is 0 Å². The van der Waals surface area contributed by atoms with E-state index in [-0.39, 0.29) is 0 Å². The van der Waals surface area contributed by atoms with Gasteiger partial charge >= 0.3 is 85.3 Å². The molecule has 0 unspecified atom stereocenters. The molecule has 0 rings (SSSR count). The van der Waals surface area contributed by atoms with Crippen molar-refractivity contribution in [2.45, 2.75) is 52.8 Å². The van der Waals surface area contributed by atoms with E-state index >= 15 is 0 Å². The molecule has 0 aromatic heterocycles. The molecule has 0 aliphatic heterocycles. The second kappa shape index (κ2) is 9.63. The number of hydrogen-bond donors (Lipinski definition) is 0. The van der Waals surface area contributed by atoms with Crippen LogP contribution in [-0.4, -0.2) is 19.8 Å². The van der Waals surface area contributed by atoms with E-state index in [1.165, 1.54) is 30.1 Å². The summed E-state index contributed by atoms with van der Waals surface area (Å²) in [4.78, 5) is 0. The van der Waals surface area contributed by atoms with Crippen LogP contribution < -0.4 is 0 Å². The van der Waals surface area contributed by atoms with Gasteiger partial charge in [0.15, 0.2) is 0 Å². The topological polar surface area (TPSA) is 0 Å². The van der Waals surface area contributed by atoms with Crippen LogP contribution in [0, 0.1) is 0 Å². The molecule has 0 fully saturated rings. The zero-order chi connectivity index (χ0) is 9.23. The molecule has 0 saturated heterocycles. The molecule has 0 aliphatic carbocycles. The van der Waals surface area contributed by atoms with Crippen molar-refractivity contribution in [3.8, 4) is 0 Å². The molecule has 0 nitrogen and oxygen atoms in total. The molecule has 0 aromatic rings. The summed E-state index contributed by atoms with van der Waals surface area (Å²) in [7, 11) is 0. The SMILES string of the molecule is C=C[CH2][Sn+]([CH2]CCC)[CH2]CCC. The second-order valence-corrected chi connectivity index (χ2v) is 11.8. The Bertz CT molecular complexity index is 91.2. The van der Waals surface area contributed by atoms with Crippen molar-refractivity contribution in [1.29, 1.82) is 0 Å². The van der Waals surface area contributed by atoms with Crippen LogP contribution >= 0.6 is 0 Å². The summed E-state index contributed by atoms with van der Waals surface area (Å²) < 4.78 is 4.62. The molecule has 70 valence electrons. The van der Waals surface area contributed by atoms with Crippen molar-refractivity contribution >= 4 is 19.8 Å². The zero-order valence-electron chi connectivity index (χ0n) is 8.73. The van der Waals surface area contributed by atoms with E-state index in [0.717, 1.165) is 0 Å². The van der Waals surface area contributed by atoms with Gasteiger partial charge in [-0.3, -0.25) is 0 Å². The fourth-order valence-corrected chi connectivity index (χ4v) is 9.30. The first-order valence-electron chi connectivity index (χ1n) is 5.29. The van der Waals surface area contributed by atoms with Gasteiger partial charge in [-0.1, -0.05) is 0 Å². The summed E-state index contributed by atoms with van der Waals surface area (Å²) in [6.07, 6.45) is 7.89. The first-order valence-corrected chi connectivity index (χ1v) is 11.3. The Labute approximate surface area is 85.2 Å². The molecule has 0 heterocycles. The van der Waals surface area contributed by atoms with Crippen molar-refractivity contribution in [2.24, 2.45) is 0 Å². The van der Waals surface area contributed by atoms with Gasteiger partial charge in [0.25, 0.3) is 0 Å². The van der Waals surface area contributed by atoms with Gasteiger partial charge in [-0.05, 0) is 0 Å². The summed E-state index contributed by atoms with van der Waals surface area (Å²) in [5, 5.41) is 0. The van der Waals surface area contributed by atoms with Crippen LogP contribution in [0.1, 0.15) is 39.5 Å². The Morgan fingerprint density at radius 2 is 1.58 bits per heavy atom. The molecule has 0 aromatic carbocycles. The third-order valence-electron chi connectivity index (χ3n) is 2.20. The Kier molecular flexibility index (Phi) is 10.1. The molecule has 12 heavy (non-hydrogen) atoms. The fourth-order valence-electron chi connectivity index (χ4n) is 1.39. The van der Waals surface area contributed by atoms with Gasteiger partial charge in [0.1, 0.15) is 0 Å². The average molecular weight is 274 g/mol. The standard InChI is InChI=1S/2C4H9.C3H5.Sn/c2*1-3-4-2;1-3-2;/h2*1,3-4H2,2H3;3H,1-2H2;/q;;;+1. The van der Waals surface area contributed by atoms with Crippen molar-refractivity contribution in [3.63, 3.8) is 0 Å². The maximum absolute atomic E-state index is 3.87. The van der Waals surface area contributed by atoms with Crippen molar-refractivity contribution < 1.29 is 0 Å². The number of allylic oxidation sites excluding steroid dienone is 1. The summed E-state index contributed by atoms with van der Waals surface area (Å²) in [6, 6.07) is 0. The van der Waals surface area contributed by atoms with E-state index in [2.05, 4.69) is 26.5 Å². The monoisotopic (exact) mass is 275 g/mol. The van der Waals surface area contributed by atoms with Gasteiger partial charge in [0, 0.05) is 0 Å². The molecule has 0 atom stereocenters. The van der Waals surface area contributed by atoms with Crippen molar-refractivity contribution in [3.05, 3.63) is 12.7 Å².